The second-order valence-electron chi connectivity index (χ2n) is 8.42. The van der Waals surface area contributed by atoms with Gasteiger partial charge in [-0.25, -0.2) is 4.79 Å². The number of ketones is 1. The van der Waals surface area contributed by atoms with E-state index in [1.54, 1.807) is 52.0 Å². The van der Waals surface area contributed by atoms with E-state index in [-0.39, 0.29) is 11.3 Å². The van der Waals surface area contributed by atoms with Crippen molar-refractivity contribution in [1.29, 1.82) is 0 Å². The number of hydrogen-bond acceptors (Lipinski definition) is 4. The summed E-state index contributed by atoms with van der Waals surface area (Å²) in [5.74, 6) is -3.96. The molecule has 0 saturated carbocycles. The molecule has 31 heavy (non-hydrogen) atoms. The Kier molecular flexibility index (Phi) is 7.31. The number of halogens is 2. The average molecular weight is 426 g/mol. The van der Waals surface area contributed by atoms with Gasteiger partial charge < -0.3 is 4.74 Å². The van der Waals surface area contributed by atoms with Crippen molar-refractivity contribution in [3.05, 3.63) is 65.2 Å². The van der Waals surface area contributed by atoms with E-state index in [1.807, 2.05) is 0 Å². The fourth-order valence-corrected chi connectivity index (χ4v) is 2.52. The van der Waals surface area contributed by atoms with Gasteiger partial charge in [-0.3, -0.25) is 0 Å². The third kappa shape index (κ3) is 6.44. The molecule has 2 rings (SSSR count). The van der Waals surface area contributed by atoms with Crippen LogP contribution in [-0.4, -0.2) is 36.3 Å². The molecule has 0 unspecified atom stereocenters. The summed E-state index contributed by atoms with van der Waals surface area (Å²) in [6, 6.07) is 9.17. The van der Waals surface area contributed by atoms with Crippen LogP contribution in [0, 0.1) is 11.6 Å². The third-order valence-electron chi connectivity index (χ3n) is 4.18. The predicted octanol–water partition coefficient (Wildman–Crippen LogP) is 4.12. The van der Waals surface area contributed by atoms with Crippen molar-refractivity contribution in [2.45, 2.75) is 45.8 Å². The van der Waals surface area contributed by atoms with E-state index in [4.69, 9.17) is 9.47 Å². The first-order chi connectivity index (χ1) is 14.3. The number of benzene rings is 2. The number of esters is 1. The summed E-state index contributed by atoms with van der Waals surface area (Å²) in [5, 5.41) is 0. The Bertz CT molecular complexity index is 1020. The van der Waals surface area contributed by atoms with Gasteiger partial charge in [0.2, 0.25) is 0 Å². The second kappa shape index (κ2) is 9.37. The van der Waals surface area contributed by atoms with E-state index in [0.29, 0.717) is 5.56 Å². The van der Waals surface area contributed by atoms with Crippen molar-refractivity contribution in [3.63, 3.8) is 0 Å². The van der Waals surface area contributed by atoms with Crippen LogP contribution >= 0.6 is 0 Å². The zero-order chi connectivity index (χ0) is 23.4. The number of carbonyl (C=O) groups is 2. The normalized spacial score (nSPS) is 11.8. The minimum atomic E-state index is -1.54. The first-order valence-electron chi connectivity index (χ1n) is 9.69. The standard InChI is InChI=1S/C24H25BF2O4/c1-23(2,3)31-22(29)24(4,5)30-19-14-10-16(20(26)21(19)27)9-13-18(28)15-7-11-17(25-6)12-8-15/h7-14H,6H2,1-5H3/b13-9+. The fraction of sp³-hybridized carbons (Fsp3) is 0.292. The maximum absolute atomic E-state index is 14.5. The molecule has 0 atom stereocenters. The Labute approximate surface area is 181 Å². The van der Waals surface area contributed by atoms with Crippen molar-refractivity contribution < 1.29 is 27.8 Å². The van der Waals surface area contributed by atoms with E-state index in [0.717, 1.165) is 11.5 Å². The summed E-state index contributed by atoms with van der Waals surface area (Å²) >= 11 is 0. The van der Waals surface area contributed by atoms with Crippen LogP contribution in [0.2, 0.25) is 0 Å². The second-order valence-corrected chi connectivity index (χ2v) is 8.42. The van der Waals surface area contributed by atoms with Crippen LogP contribution in [-0.2, 0) is 9.53 Å². The summed E-state index contributed by atoms with van der Waals surface area (Å²) in [5.41, 5.74) is -1.16. The van der Waals surface area contributed by atoms with Crippen LogP contribution in [0.5, 0.6) is 5.75 Å². The molecule has 7 heteroatoms. The fourth-order valence-electron chi connectivity index (χ4n) is 2.52. The Morgan fingerprint density at radius 1 is 0.968 bits per heavy atom. The number of ether oxygens (including phenoxy) is 2. The Morgan fingerprint density at radius 3 is 2.13 bits per heavy atom. The van der Waals surface area contributed by atoms with Crippen LogP contribution in [0.25, 0.3) is 6.08 Å². The molecule has 0 aliphatic heterocycles. The van der Waals surface area contributed by atoms with Gasteiger partial charge >= 0.3 is 126 Å². The van der Waals surface area contributed by atoms with Crippen molar-refractivity contribution in [2.75, 3.05) is 0 Å². The monoisotopic (exact) mass is 426 g/mol. The zero-order valence-corrected chi connectivity index (χ0v) is 18.3. The van der Waals surface area contributed by atoms with Gasteiger partial charge in [-0.15, -0.1) is 0 Å². The van der Waals surface area contributed by atoms with Crippen LogP contribution in [0.15, 0.2) is 42.5 Å². The van der Waals surface area contributed by atoms with E-state index in [9.17, 15) is 18.4 Å². The molecule has 0 heterocycles. The van der Waals surface area contributed by atoms with Gasteiger partial charge in [0.1, 0.15) is 5.60 Å². The number of rotatable bonds is 7. The molecular formula is C24H25BF2O4. The maximum atomic E-state index is 14.5. The summed E-state index contributed by atoms with van der Waals surface area (Å²) in [4.78, 5) is 24.5. The molecule has 0 amide bonds. The summed E-state index contributed by atoms with van der Waals surface area (Å²) < 4.78 is 39.7. The SMILES string of the molecule is C=Bc1ccc(C(=O)/C=C/c2ccc(OC(C)(C)C(=O)OC(C)(C)C)c(F)c2F)cc1. The van der Waals surface area contributed by atoms with E-state index in [2.05, 4.69) is 6.47 Å². The number of hydrogen-bond donors (Lipinski definition) is 0. The zero-order valence-electron chi connectivity index (χ0n) is 18.3. The van der Waals surface area contributed by atoms with Gasteiger partial charge in [0.05, 0.1) is 0 Å². The Balaban J connectivity index is 2.19. The molecule has 0 fully saturated rings. The molecule has 2 aromatic carbocycles. The van der Waals surface area contributed by atoms with Crippen LogP contribution in [0.4, 0.5) is 8.78 Å². The summed E-state index contributed by atoms with van der Waals surface area (Å²) in [7, 11) is 0. The average Bonchev–Trinajstić information content (AvgIpc) is 2.69. The van der Waals surface area contributed by atoms with Gasteiger partial charge in [0, 0.05) is 0 Å². The molecule has 0 aromatic heterocycles. The Hall–Kier alpha value is -3.09. The van der Waals surface area contributed by atoms with Crippen LogP contribution < -0.4 is 10.2 Å². The number of carbonyl (C=O) groups excluding carboxylic acids is 2. The van der Waals surface area contributed by atoms with Crippen molar-refractivity contribution in [2.24, 2.45) is 0 Å². The van der Waals surface area contributed by atoms with Gasteiger partial charge in [-0.1, -0.05) is 0 Å². The molecule has 0 N–H and O–H groups in total. The van der Waals surface area contributed by atoms with Crippen molar-refractivity contribution in [1.82, 2.24) is 0 Å². The molecule has 0 aliphatic carbocycles. The van der Waals surface area contributed by atoms with E-state index < -0.39 is 34.6 Å². The molecule has 0 aliphatic rings. The summed E-state index contributed by atoms with van der Waals surface area (Å²) in [6.07, 6.45) is 2.34. The predicted molar refractivity (Wildman–Crippen MR) is 119 cm³/mol. The molecule has 0 saturated heterocycles. The van der Waals surface area contributed by atoms with Crippen LogP contribution in [0.1, 0.15) is 50.5 Å². The quantitative estimate of drug-likeness (QED) is 0.289. The number of allylic oxidation sites excluding steroid dienone is 1. The van der Waals surface area contributed by atoms with Gasteiger partial charge in [0.15, 0.2) is 5.60 Å². The molecule has 0 spiro atoms. The summed E-state index contributed by atoms with van der Waals surface area (Å²) in [6.45, 7) is 13.2. The molecule has 162 valence electrons. The van der Waals surface area contributed by atoms with E-state index in [1.165, 1.54) is 32.1 Å². The molecule has 4 nitrogen and oxygen atoms in total. The first-order valence-corrected chi connectivity index (χ1v) is 9.69. The molecule has 0 radical (unpaired) electrons. The molecular weight excluding hydrogens is 401 g/mol. The van der Waals surface area contributed by atoms with Crippen molar-refractivity contribution in [3.8, 4) is 5.75 Å². The minimum absolute atomic E-state index is 0.129. The molecule has 2 aromatic rings. The molecule has 0 bridgehead atoms. The topological polar surface area (TPSA) is 52.6 Å². The third-order valence-corrected chi connectivity index (χ3v) is 4.18. The Morgan fingerprint density at radius 2 is 1.58 bits per heavy atom. The van der Waals surface area contributed by atoms with Gasteiger partial charge in [-0.2, -0.15) is 0 Å². The van der Waals surface area contributed by atoms with Gasteiger partial charge in [0.25, 0.3) is 0 Å². The van der Waals surface area contributed by atoms with Gasteiger partial charge in [-0.05, 0) is 34.6 Å². The van der Waals surface area contributed by atoms with Crippen LogP contribution in [0.3, 0.4) is 0 Å². The van der Waals surface area contributed by atoms with E-state index >= 15 is 0 Å². The van der Waals surface area contributed by atoms with Crippen molar-refractivity contribution >= 4 is 36.7 Å². The first kappa shape index (κ1) is 24.2.